The molecule has 3 nitrogen and oxygen atoms in total. The molecule has 0 saturated heterocycles. The topological polar surface area (TPSA) is 38.9 Å². The fraction of sp³-hybridized carbons (Fsp3) is 0.231. The van der Waals surface area contributed by atoms with E-state index in [4.69, 9.17) is 4.42 Å². The Morgan fingerprint density at radius 3 is 2.67 bits per heavy atom. The molecule has 1 aromatic carbocycles. The lowest BCUT2D eigenvalue weighted by Gasteiger charge is -1.93. The predicted octanol–water partition coefficient (Wildman–Crippen LogP) is 3.93. The molecule has 0 saturated carbocycles. The highest BCUT2D eigenvalue weighted by Gasteiger charge is 2.08. The molecule has 0 N–H and O–H groups in total. The number of hydrogen-bond donors (Lipinski definition) is 0. The average molecular weight is 264 g/mol. The summed E-state index contributed by atoms with van der Waals surface area (Å²) in [5, 5.41) is 8.39. The number of nitrogens with zero attached hydrogens (tertiary/aromatic N) is 2. The quantitative estimate of drug-likeness (QED) is 0.619. The summed E-state index contributed by atoms with van der Waals surface area (Å²) in [6, 6.07) is 5.98. The van der Waals surface area contributed by atoms with Crippen LogP contribution in [-0.2, 0) is 0 Å². The van der Waals surface area contributed by atoms with Gasteiger partial charge in [0.15, 0.2) is 0 Å². The highest BCUT2D eigenvalue weighted by Crippen LogP contribution is 2.23. The van der Waals surface area contributed by atoms with E-state index in [1.807, 2.05) is 13.8 Å². The van der Waals surface area contributed by atoms with Crippen LogP contribution >= 0.6 is 11.8 Å². The van der Waals surface area contributed by atoms with Crippen LogP contribution in [0.2, 0.25) is 0 Å². The monoisotopic (exact) mass is 264 g/mol. The molecule has 2 aromatic rings. The minimum atomic E-state index is -0.281. The maximum absolute atomic E-state index is 12.8. The van der Waals surface area contributed by atoms with Crippen LogP contribution < -0.4 is 0 Å². The molecule has 1 heterocycles. The number of hydrogen-bond acceptors (Lipinski definition) is 4. The molecule has 0 fully saturated rings. The average Bonchev–Trinajstić information content (AvgIpc) is 2.78. The molecule has 18 heavy (non-hydrogen) atoms. The summed E-state index contributed by atoms with van der Waals surface area (Å²) in [5.41, 5.74) is 1.97. The van der Waals surface area contributed by atoms with Gasteiger partial charge in [0.2, 0.25) is 5.89 Å². The highest BCUT2D eigenvalue weighted by molar-refractivity contribution is 7.99. The standard InChI is InChI=1S/C13H13FN2OS/c1-9(2)7-8-18-13-16-15-12(17-13)10-3-5-11(14)6-4-10/h3-7H,8H2,1-2H3. The second-order valence-electron chi connectivity index (χ2n) is 3.97. The van der Waals surface area contributed by atoms with E-state index in [0.717, 1.165) is 11.3 Å². The Balaban J connectivity index is 2.06. The molecule has 0 amide bonds. The molecule has 0 aliphatic rings. The van der Waals surface area contributed by atoms with E-state index >= 15 is 0 Å². The first-order valence-electron chi connectivity index (χ1n) is 5.51. The molecule has 0 aliphatic carbocycles. The summed E-state index contributed by atoms with van der Waals surface area (Å²) in [6.07, 6.45) is 2.09. The van der Waals surface area contributed by atoms with Crippen molar-refractivity contribution in [1.82, 2.24) is 10.2 Å². The predicted molar refractivity (Wildman–Crippen MR) is 69.8 cm³/mol. The zero-order chi connectivity index (χ0) is 13.0. The van der Waals surface area contributed by atoms with Gasteiger partial charge in [-0.3, -0.25) is 0 Å². The van der Waals surface area contributed by atoms with Crippen molar-refractivity contribution in [1.29, 1.82) is 0 Å². The number of benzene rings is 1. The summed E-state index contributed by atoms with van der Waals surface area (Å²) in [7, 11) is 0. The van der Waals surface area contributed by atoms with Crippen molar-refractivity contribution in [3.8, 4) is 11.5 Å². The molecular formula is C13H13FN2OS. The Hall–Kier alpha value is -1.62. The van der Waals surface area contributed by atoms with Crippen molar-refractivity contribution in [3.05, 3.63) is 41.7 Å². The number of halogens is 1. The minimum Gasteiger partial charge on any atom is -0.411 e. The van der Waals surface area contributed by atoms with Gasteiger partial charge in [-0.25, -0.2) is 4.39 Å². The Labute approximate surface area is 109 Å². The molecule has 5 heteroatoms. The lowest BCUT2D eigenvalue weighted by atomic mass is 10.2. The van der Waals surface area contributed by atoms with E-state index in [-0.39, 0.29) is 5.82 Å². The summed E-state index contributed by atoms with van der Waals surface area (Å²) in [6.45, 7) is 4.08. The van der Waals surface area contributed by atoms with Crippen LogP contribution in [0.5, 0.6) is 0 Å². The lowest BCUT2D eigenvalue weighted by Crippen LogP contribution is -1.78. The van der Waals surface area contributed by atoms with E-state index in [9.17, 15) is 4.39 Å². The highest BCUT2D eigenvalue weighted by atomic mass is 32.2. The molecular weight excluding hydrogens is 251 g/mol. The van der Waals surface area contributed by atoms with Crippen molar-refractivity contribution < 1.29 is 8.81 Å². The minimum absolute atomic E-state index is 0.281. The Bertz CT molecular complexity index is 544. The molecule has 0 atom stereocenters. The van der Waals surface area contributed by atoms with Gasteiger partial charge < -0.3 is 4.42 Å². The SMILES string of the molecule is CC(C)=CCSc1nnc(-c2ccc(F)cc2)o1. The summed E-state index contributed by atoms with van der Waals surface area (Å²) < 4.78 is 18.3. The van der Waals surface area contributed by atoms with Gasteiger partial charge in [-0.1, -0.05) is 23.4 Å². The van der Waals surface area contributed by atoms with E-state index < -0.39 is 0 Å². The fourth-order valence-electron chi connectivity index (χ4n) is 1.26. The van der Waals surface area contributed by atoms with Crippen LogP contribution in [0.1, 0.15) is 13.8 Å². The molecule has 2 rings (SSSR count). The normalized spacial score (nSPS) is 10.4. The smallest absolute Gasteiger partial charge is 0.277 e. The first kappa shape index (κ1) is 12.8. The maximum Gasteiger partial charge on any atom is 0.277 e. The Kier molecular flexibility index (Phi) is 4.15. The molecule has 0 spiro atoms. The first-order valence-corrected chi connectivity index (χ1v) is 6.49. The Morgan fingerprint density at radius 2 is 2.00 bits per heavy atom. The largest absolute Gasteiger partial charge is 0.411 e. The van der Waals surface area contributed by atoms with E-state index in [0.29, 0.717) is 11.1 Å². The van der Waals surface area contributed by atoms with E-state index in [2.05, 4.69) is 16.3 Å². The molecule has 0 unspecified atom stereocenters. The van der Waals surface area contributed by atoms with Crippen LogP contribution in [0.15, 0.2) is 45.6 Å². The van der Waals surface area contributed by atoms with Gasteiger partial charge in [0.25, 0.3) is 5.22 Å². The van der Waals surface area contributed by atoms with Gasteiger partial charge in [-0.05, 0) is 38.1 Å². The maximum atomic E-state index is 12.8. The number of aromatic nitrogens is 2. The molecule has 94 valence electrons. The molecule has 0 radical (unpaired) electrons. The molecule has 0 bridgehead atoms. The fourth-order valence-corrected chi connectivity index (χ4v) is 2.05. The Morgan fingerprint density at radius 1 is 1.28 bits per heavy atom. The van der Waals surface area contributed by atoms with Gasteiger partial charge in [0, 0.05) is 11.3 Å². The third-order valence-electron chi connectivity index (χ3n) is 2.20. The van der Waals surface area contributed by atoms with Gasteiger partial charge in [-0.2, -0.15) is 0 Å². The van der Waals surface area contributed by atoms with Crippen LogP contribution in [0.25, 0.3) is 11.5 Å². The zero-order valence-corrected chi connectivity index (χ0v) is 11.0. The second-order valence-corrected chi connectivity index (χ2v) is 4.94. The third-order valence-corrected chi connectivity index (χ3v) is 2.94. The number of rotatable bonds is 4. The van der Waals surface area contributed by atoms with Crippen molar-refractivity contribution in [2.24, 2.45) is 0 Å². The van der Waals surface area contributed by atoms with Gasteiger partial charge in [0.1, 0.15) is 5.82 Å². The van der Waals surface area contributed by atoms with Gasteiger partial charge in [-0.15, -0.1) is 10.2 Å². The van der Waals surface area contributed by atoms with E-state index in [1.165, 1.54) is 29.5 Å². The molecule has 1 aromatic heterocycles. The second kappa shape index (κ2) is 5.82. The molecule has 0 aliphatic heterocycles. The first-order chi connectivity index (χ1) is 8.65. The van der Waals surface area contributed by atoms with E-state index in [1.54, 1.807) is 12.1 Å². The summed E-state index contributed by atoms with van der Waals surface area (Å²) >= 11 is 1.48. The van der Waals surface area contributed by atoms with Crippen molar-refractivity contribution in [3.63, 3.8) is 0 Å². The van der Waals surface area contributed by atoms with Gasteiger partial charge in [0.05, 0.1) is 0 Å². The number of allylic oxidation sites excluding steroid dienone is 1. The van der Waals surface area contributed by atoms with Crippen LogP contribution in [0, 0.1) is 5.82 Å². The number of thioether (sulfide) groups is 1. The van der Waals surface area contributed by atoms with Crippen LogP contribution in [0.4, 0.5) is 4.39 Å². The van der Waals surface area contributed by atoms with Crippen LogP contribution in [0.3, 0.4) is 0 Å². The third kappa shape index (κ3) is 3.43. The van der Waals surface area contributed by atoms with Crippen molar-refractivity contribution >= 4 is 11.8 Å². The van der Waals surface area contributed by atoms with Gasteiger partial charge >= 0.3 is 0 Å². The summed E-state index contributed by atoms with van der Waals surface area (Å²) in [5.74, 6) is 0.930. The van der Waals surface area contributed by atoms with Crippen molar-refractivity contribution in [2.45, 2.75) is 19.1 Å². The zero-order valence-electron chi connectivity index (χ0n) is 10.2. The summed E-state index contributed by atoms with van der Waals surface area (Å²) in [4.78, 5) is 0. The van der Waals surface area contributed by atoms with Crippen molar-refractivity contribution in [2.75, 3.05) is 5.75 Å². The lowest BCUT2D eigenvalue weighted by molar-refractivity contribution is 0.466. The van der Waals surface area contributed by atoms with Crippen LogP contribution in [-0.4, -0.2) is 16.0 Å².